The molecule has 0 rings (SSSR count). The van der Waals surface area contributed by atoms with Gasteiger partial charge in [0, 0.05) is 12.8 Å². The van der Waals surface area contributed by atoms with E-state index in [-0.39, 0.29) is 12.4 Å². The van der Waals surface area contributed by atoms with E-state index in [1.54, 1.807) is 0 Å². The van der Waals surface area contributed by atoms with E-state index in [9.17, 15) is 9.59 Å². The van der Waals surface area contributed by atoms with Crippen molar-refractivity contribution in [2.75, 3.05) is 6.61 Å². The molecule has 0 radical (unpaired) electrons. The van der Waals surface area contributed by atoms with Gasteiger partial charge in [0.05, 0.1) is 6.61 Å². The number of carboxylic acid groups (broad SMARTS) is 1. The van der Waals surface area contributed by atoms with E-state index in [0.717, 1.165) is 77.0 Å². The van der Waals surface area contributed by atoms with E-state index < -0.39 is 5.97 Å². The van der Waals surface area contributed by atoms with Gasteiger partial charge >= 0.3 is 11.9 Å². The van der Waals surface area contributed by atoms with Gasteiger partial charge in [-0.1, -0.05) is 95.2 Å². The smallest absolute Gasteiger partial charge is 0.305 e. The Morgan fingerprint density at radius 1 is 0.622 bits per heavy atom. The molecule has 0 saturated heterocycles. The van der Waals surface area contributed by atoms with E-state index in [1.165, 1.54) is 44.9 Å². The van der Waals surface area contributed by atoms with Crippen LogP contribution >= 0.6 is 0 Å². The minimum atomic E-state index is -0.695. The fourth-order valence-corrected chi connectivity index (χ4v) is 4.50. The highest BCUT2D eigenvalue weighted by molar-refractivity contribution is 5.69. The molecule has 0 aromatic rings. The van der Waals surface area contributed by atoms with E-state index in [4.69, 9.17) is 9.84 Å². The van der Waals surface area contributed by atoms with Crippen molar-refractivity contribution >= 4 is 11.9 Å². The maximum absolute atomic E-state index is 11.9. The Labute approximate surface area is 229 Å². The molecule has 214 valence electrons. The minimum absolute atomic E-state index is 0.0754. The summed E-state index contributed by atoms with van der Waals surface area (Å²) in [5, 5.41) is 8.80. The molecule has 0 aliphatic heterocycles. The molecule has 0 saturated carbocycles. The Morgan fingerprint density at radius 3 is 1.84 bits per heavy atom. The van der Waals surface area contributed by atoms with Crippen molar-refractivity contribution in [3.05, 3.63) is 36.5 Å². The second-order valence-electron chi connectivity index (χ2n) is 10.3. The predicted octanol–water partition coefficient (Wildman–Crippen LogP) is 10.1. The Bertz CT molecular complexity index is 605. The van der Waals surface area contributed by atoms with Gasteiger partial charge in [-0.05, 0) is 83.0 Å². The maximum atomic E-state index is 11.9. The van der Waals surface area contributed by atoms with Crippen LogP contribution in [0.2, 0.25) is 0 Å². The molecule has 37 heavy (non-hydrogen) atoms. The third-order valence-electron chi connectivity index (χ3n) is 6.71. The third kappa shape index (κ3) is 28.6. The highest BCUT2D eigenvalue weighted by Crippen LogP contribution is 2.21. The van der Waals surface area contributed by atoms with Crippen molar-refractivity contribution in [1.29, 1.82) is 0 Å². The third-order valence-corrected chi connectivity index (χ3v) is 6.71. The van der Waals surface area contributed by atoms with E-state index in [1.807, 2.05) is 0 Å². The molecule has 0 fully saturated rings. The fourth-order valence-electron chi connectivity index (χ4n) is 4.50. The summed E-state index contributed by atoms with van der Waals surface area (Å²) in [7, 11) is 0. The van der Waals surface area contributed by atoms with Gasteiger partial charge in [0.15, 0.2) is 0 Å². The van der Waals surface area contributed by atoms with Crippen LogP contribution in [0, 0.1) is 5.92 Å². The van der Waals surface area contributed by atoms with Crippen LogP contribution in [0.4, 0.5) is 0 Å². The molecule has 4 nitrogen and oxygen atoms in total. The summed E-state index contributed by atoms with van der Waals surface area (Å²) in [6, 6.07) is 0. The molecule has 0 aromatic heterocycles. The molecular weight excluding hydrogens is 460 g/mol. The van der Waals surface area contributed by atoms with E-state index in [0.29, 0.717) is 18.9 Å². The molecule has 0 heterocycles. The average Bonchev–Trinajstić information content (AvgIpc) is 2.87. The lowest BCUT2D eigenvalue weighted by atomic mass is 9.91. The van der Waals surface area contributed by atoms with Crippen LogP contribution in [0.15, 0.2) is 36.5 Å². The van der Waals surface area contributed by atoms with Crippen LogP contribution in [-0.2, 0) is 14.3 Å². The van der Waals surface area contributed by atoms with Gasteiger partial charge < -0.3 is 9.84 Å². The largest absolute Gasteiger partial charge is 0.481 e. The minimum Gasteiger partial charge on any atom is -0.481 e. The zero-order valence-electron chi connectivity index (χ0n) is 24.3. The van der Waals surface area contributed by atoms with Crippen LogP contribution < -0.4 is 0 Å². The maximum Gasteiger partial charge on any atom is 0.305 e. The monoisotopic (exact) mass is 518 g/mol. The van der Waals surface area contributed by atoms with Crippen LogP contribution in [-0.4, -0.2) is 23.7 Å². The first-order valence-electron chi connectivity index (χ1n) is 15.4. The molecule has 1 atom stereocenters. The summed E-state index contributed by atoms with van der Waals surface area (Å²) in [4.78, 5) is 22.6. The molecular formula is C33H58O4. The first-order chi connectivity index (χ1) is 18.1. The molecule has 0 amide bonds. The molecule has 0 spiro atoms. The van der Waals surface area contributed by atoms with Crippen molar-refractivity contribution < 1.29 is 19.4 Å². The second-order valence-corrected chi connectivity index (χ2v) is 10.3. The molecule has 4 heteroatoms. The standard InChI is InChI=1S/C33H58O4/c1-3-5-6-7-8-9-10-11-12-13-14-15-16-17-18-19-22-29-33(36)37-30-23-20-21-26-31(25-4-2)27-24-28-32(34)35/h8-9,11-12,17-18,31H,3-7,10,13-16,19-30H2,1-2H3,(H,34,35). The number of aliphatic carboxylic acids is 1. The number of esters is 1. The van der Waals surface area contributed by atoms with Gasteiger partial charge in [-0.2, -0.15) is 0 Å². The first-order valence-corrected chi connectivity index (χ1v) is 15.4. The number of carboxylic acids is 1. The summed E-state index contributed by atoms with van der Waals surface area (Å²) < 4.78 is 5.38. The zero-order chi connectivity index (χ0) is 27.2. The van der Waals surface area contributed by atoms with Gasteiger partial charge in [-0.25, -0.2) is 0 Å². The Hall–Kier alpha value is -1.84. The SMILES string of the molecule is CCCCCC=CCC=CCCCCC=CCCCC(=O)OCCCCCC(CCC)CCCC(=O)O. The second kappa shape index (κ2) is 28.7. The molecule has 0 bridgehead atoms. The summed E-state index contributed by atoms with van der Waals surface area (Å²) in [6.45, 7) is 4.96. The highest BCUT2D eigenvalue weighted by Gasteiger charge is 2.09. The lowest BCUT2D eigenvalue weighted by molar-refractivity contribution is -0.144. The van der Waals surface area contributed by atoms with E-state index >= 15 is 0 Å². The zero-order valence-corrected chi connectivity index (χ0v) is 24.3. The van der Waals surface area contributed by atoms with Gasteiger partial charge in [-0.3, -0.25) is 9.59 Å². The number of rotatable bonds is 27. The number of hydrogen-bond donors (Lipinski definition) is 1. The first kappa shape index (κ1) is 35.2. The van der Waals surface area contributed by atoms with Gasteiger partial charge in [0.25, 0.3) is 0 Å². The van der Waals surface area contributed by atoms with Gasteiger partial charge in [0.1, 0.15) is 0 Å². The molecule has 0 aliphatic carbocycles. The number of unbranched alkanes of at least 4 members (excludes halogenated alkanes) is 9. The van der Waals surface area contributed by atoms with E-state index in [2.05, 4.69) is 50.3 Å². The number of hydrogen-bond acceptors (Lipinski definition) is 3. The molecule has 0 aliphatic rings. The van der Waals surface area contributed by atoms with Crippen molar-refractivity contribution in [2.45, 2.75) is 149 Å². The normalized spacial score (nSPS) is 12.7. The number of ether oxygens (including phenoxy) is 1. The topological polar surface area (TPSA) is 63.6 Å². The van der Waals surface area contributed by atoms with Crippen LogP contribution in [0.1, 0.15) is 149 Å². The van der Waals surface area contributed by atoms with Crippen molar-refractivity contribution in [2.24, 2.45) is 5.92 Å². The van der Waals surface area contributed by atoms with Gasteiger partial charge in [0.2, 0.25) is 0 Å². The quantitative estimate of drug-likeness (QED) is 0.0667. The van der Waals surface area contributed by atoms with Crippen molar-refractivity contribution in [1.82, 2.24) is 0 Å². The van der Waals surface area contributed by atoms with Gasteiger partial charge in [-0.15, -0.1) is 0 Å². The molecule has 1 N–H and O–H groups in total. The Kier molecular flexibility index (Phi) is 27.3. The molecule has 1 unspecified atom stereocenters. The summed E-state index contributed by atoms with van der Waals surface area (Å²) in [6.07, 6.45) is 35.6. The Morgan fingerprint density at radius 2 is 1.22 bits per heavy atom. The summed E-state index contributed by atoms with van der Waals surface area (Å²) >= 11 is 0. The number of allylic oxidation sites excluding steroid dienone is 6. The van der Waals surface area contributed by atoms with Crippen LogP contribution in [0.5, 0.6) is 0 Å². The summed E-state index contributed by atoms with van der Waals surface area (Å²) in [5.41, 5.74) is 0. The van der Waals surface area contributed by atoms with Crippen LogP contribution in [0.25, 0.3) is 0 Å². The predicted molar refractivity (Wildman–Crippen MR) is 158 cm³/mol. The lowest BCUT2D eigenvalue weighted by Gasteiger charge is -2.15. The fraction of sp³-hybridized carbons (Fsp3) is 0.758. The number of carbonyl (C=O) groups excluding carboxylic acids is 1. The Balaban J connectivity index is 3.53. The number of carbonyl (C=O) groups is 2. The van der Waals surface area contributed by atoms with Crippen molar-refractivity contribution in [3.8, 4) is 0 Å². The molecule has 0 aromatic carbocycles. The average molecular weight is 519 g/mol. The van der Waals surface area contributed by atoms with Crippen LogP contribution in [0.3, 0.4) is 0 Å². The summed E-state index contributed by atoms with van der Waals surface area (Å²) in [5.74, 6) is -0.137. The highest BCUT2D eigenvalue weighted by atomic mass is 16.5. The lowest BCUT2D eigenvalue weighted by Crippen LogP contribution is -2.06. The van der Waals surface area contributed by atoms with Crippen molar-refractivity contribution in [3.63, 3.8) is 0 Å².